The van der Waals surface area contributed by atoms with Crippen molar-refractivity contribution in [3.8, 4) is 0 Å². The Hall–Kier alpha value is -1.74. The number of nitrogens with zero attached hydrogens (tertiary/aromatic N) is 1. The predicted octanol–water partition coefficient (Wildman–Crippen LogP) is 2.07. The van der Waals surface area contributed by atoms with E-state index in [1.807, 2.05) is 30.3 Å². The van der Waals surface area contributed by atoms with E-state index >= 15 is 0 Å². The number of hydrogen-bond donors (Lipinski definition) is 1. The zero-order valence-electron chi connectivity index (χ0n) is 13.3. The number of carbonyl (C=O) groups is 1. The van der Waals surface area contributed by atoms with Crippen LogP contribution in [0.1, 0.15) is 21.7 Å². The van der Waals surface area contributed by atoms with Gasteiger partial charge in [-0.25, -0.2) is 13.2 Å². The Kier molecular flexibility index (Phi) is 6.50. The summed E-state index contributed by atoms with van der Waals surface area (Å²) >= 11 is 1.05. The highest BCUT2D eigenvalue weighted by atomic mass is 32.2. The maximum Gasteiger partial charge on any atom is 0.348 e. The molecule has 0 aliphatic heterocycles. The van der Waals surface area contributed by atoms with Crippen molar-refractivity contribution in [3.05, 3.63) is 52.2 Å². The number of benzene rings is 1. The van der Waals surface area contributed by atoms with Crippen molar-refractivity contribution >= 4 is 27.3 Å². The lowest BCUT2D eigenvalue weighted by atomic mass is 10.2. The number of rotatable bonds is 8. The lowest BCUT2D eigenvalue weighted by molar-refractivity contribution is 0.0606. The number of esters is 1. The Labute approximate surface area is 145 Å². The van der Waals surface area contributed by atoms with Gasteiger partial charge < -0.3 is 10.5 Å². The SMILES string of the molecule is COC(=O)c1cc(S(=O)(=O)N(CCCN)Cc2ccccc2)cs1. The molecule has 6 nitrogen and oxygen atoms in total. The molecule has 2 rings (SSSR count). The van der Waals surface area contributed by atoms with E-state index in [0.29, 0.717) is 19.5 Å². The van der Waals surface area contributed by atoms with Crippen molar-refractivity contribution in [2.24, 2.45) is 5.73 Å². The van der Waals surface area contributed by atoms with E-state index in [2.05, 4.69) is 4.74 Å². The first kappa shape index (κ1) is 18.6. The molecule has 24 heavy (non-hydrogen) atoms. The maximum absolute atomic E-state index is 12.9. The van der Waals surface area contributed by atoms with E-state index in [0.717, 1.165) is 16.9 Å². The lowest BCUT2D eigenvalue weighted by Crippen LogP contribution is -2.32. The minimum Gasteiger partial charge on any atom is -0.465 e. The summed E-state index contributed by atoms with van der Waals surface area (Å²) in [5.74, 6) is -0.544. The second-order valence-corrected chi connectivity index (χ2v) is 7.95. The van der Waals surface area contributed by atoms with Gasteiger partial charge in [-0.1, -0.05) is 30.3 Å². The van der Waals surface area contributed by atoms with Crippen molar-refractivity contribution in [3.63, 3.8) is 0 Å². The van der Waals surface area contributed by atoms with E-state index in [1.165, 1.54) is 22.9 Å². The first-order valence-electron chi connectivity index (χ1n) is 7.40. The molecule has 0 saturated heterocycles. The van der Waals surface area contributed by atoms with Gasteiger partial charge in [0.15, 0.2) is 0 Å². The van der Waals surface area contributed by atoms with Crippen LogP contribution in [0.25, 0.3) is 0 Å². The van der Waals surface area contributed by atoms with Crippen LogP contribution in [0, 0.1) is 0 Å². The normalized spacial score (nSPS) is 11.6. The molecule has 1 aromatic carbocycles. The highest BCUT2D eigenvalue weighted by Gasteiger charge is 2.26. The lowest BCUT2D eigenvalue weighted by Gasteiger charge is -2.21. The molecule has 0 radical (unpaired) electrons. The van der Waals surface area contributed by atoms with Gasteiger partial charge in [0.05, 0.1) is 12.0 Å². The van der Waals surface area contributed by atoms with Crippen LogP contribution < -0.4 is 5.73 Å². The summed E-state index contributed by atoms with van der Waals surface area (Å²) < 4.78 is 31.8. The second-order valence-electron chi connectivity index (χ2n) is 5.10. The fourth-order valence-corrected chi connectivity index (χ4v) is 4.79. The largest absolute Gasteiger partial charge is 0.465 e. The second kappa shape index (κ2) is 8.39. The molecule has 0 amide bonds. The third-order valence-electron chi connectivity index (χ3n) is 3.41. The van der Waals surface area contributed by atoms with E-state index in [9.17, 15) is 13.2 Å². The van der Waals surface area contributed by atoms with Crippen LogP contribution in [0.5, 0.6) is 0 Å². The third-order valence-corrected chi connectivity index (χ3v) is 6.30. The van der Waals surface area contributed by atoms with Crippen molar-refractivity contribution < 1.29 is 17.9 Å². The van der Waals surface area contributed by atoms with Gasteiger partial charge in [0.1, 0.15) is 4.88 Å². The molecular weight excluding hydrogens is 348 g/mol. The van der Waals surface area contributed by atoms with Crippen LogP contribution in [0.15, 0.2) is 46.7 Å². The van der Waals surface area contributed by atoms with E-state index in [1.54, 1.807) is 0 Å². The van der Waals surface area contributed by atoms with Gasteiger partial charge in [0.2, 0.25) is 10.0 Å². The minimum absolute atomic E-state index is 0.0980. The summed E-state index contributed by atoms with van der Waals surface area (Å²) in [7, 11) is -2.45. The highest BCUT2D eigenvalue weighted by molar-refractivity contribution is 7.89. The van der Waals surface area contributed by atoms with Crippen LogP contribution in [0.3, 0.4) is 0 Å². The average Bonchev–Trinajstić information content (AvgIpc) is 3.09. The van der Waals surface area contributed by atoms with Crippen molar-refractivity contribution in [1.29, 1.82) is 0 Å². The summed E-state index contributed by atoms with van der Waals surface area (Å²) in [5.41, 5.74) is 6.42. The summed E-state index contributed by atoms with van der Waals surface area (Å²) in [6.45, 7) is 0.974. The molecule has 0 spiro atoms. The van der Waals surface area contributed by atoms with Crippen molar-refractivity contribution in [2.45, 2.75) is 17.9 Å². The third kappa shape index (κ3) is 4.41. The zero-order chi connectivity index (χ0) is 17.6. The van der Waals surface area contributed by atoms with Gasteiger partial charge in [-0.15, -0.1) is 11.3 Å². The fraction of sp³-hybridized carbons (Fsp3) is 0.312. The molecule has 0 aliphatic rings. The molecule has 0 unspecified atom stereocenters. The topological polar surface area (TPSA) is 89.7 Å². The van der Waals surface area contributed by atoms with Crippen LogP contribution in [0.2, 0.25) is 0 Å². The number of sulfonamides is 1. The summed E-state index contributed by atoms with van der Waals surface area (Å²) in [4.78, 5) is 11.9. The van der Waals surface area contributed by atoms with E-state index in [-0.39, 0.29) is 16.3 Å². The smallest absolute Gasteiger partial charge is 0.348 e. The Morgan fingerprint density at radius 3 is 2.62 bits per heavy atom. The minimum atomic E-state index is -3.71. The Morgan fingerprint density at radius 1 is 1.29 bits per heavy atom. The first-order chi connectivity index (χ1) is 11.5. The Balaban J connectivity index is 2.29. The van der Waals surface area contributed by atoms with Crippen molar-refractivity contribution in [2.75, 3.05) is 20.2 Å². The average molecular weight is 368 g/mol. The van der Waals surface area contributed by atoms with Gasteiger partial charge in [0, 0.05) is 18.5 Å². The molecule has 0 bridgehead atoms. The van der Waals surface area contributed by atoms with Gasteiger partial charge in [-0.3, -0.25) is 0 Å². The predicted molar refractivity (Wildman–Crippen MR) is 93.4 cm³/mol. The number of methoxy groups -OCH3 is 1. The van der Waals surface area contributed by atoms with E-state index in [4.69, 9.17) is 5.73 Å². The zero-order valence-corrected chi connectivity index (χ0v) is 15.0. The molecular formula is C16H20N2O4S2. The van der Waals surface area contributed by atoms with Crippen LogP contribution >= 0.6 is 11.3 Å². The number of nitrogens with two attached hydrogens (primary N) is 1. The summed E-state index contributed by atoms with van der Waals surface area (Å²) in [6.07, 6.45) is 0.556. The Morgan fingerprint density at radius 2 is 2.00 bits per heavy atom. The Bertz CT molecular complexity index is 772. The molecule has 130 valence electrons. The van der Waals surface area contributed by atoms with Crippen LogP contribution in [0.4, 0.5) is 0 Å². The first-order valence-corrected chi connectivity index (χ1v) is 9.72. The van der Waals surface area contributed by atoms with Gasteiger partial charge in [-0.2, -0.15) is 4.31 Å². The molecule has 2 aromatic rings. The molecule has 0 fully saturated rings. The summed E-state index contributed by atoms with van der Waals surface area (Å²) in [5, 5.41) is 1.46. The van der Waals surface area contributed by atoms with Crippen LogP contribution in [-0.2, 0) is 21.3 Å². The number of thiophene rings is 1. The highest BCUT2D eigenvalue weighted by Crippen LogP contribution is 2.24. The fourth-order valence-electron chi connectivity index (χ4n) is 2.15. The van der Waals surface area contributed by atoms with Crippen LogP contribution in [-0.4, -0.2) is 38.9 Å². The number of hydrogen-bond acceptors (Lipinski definition) is 6. The van der Waals surface area contributed by atoms with Gasteiger partial charge in [0.25, 0.3) is 0 Å². The molecule has 1 heterocycles. The molecule has 0 atom stereocenters. The monoisotopic (exact) mass is 368 g/mol. The standard InChI is InChI=1S/C16H20N2O4S2/c1-22-16(19)15-10-14(12-23-15)24(20,21)18(9-5-8-17)11-13-6-3-2-4-7-13/h2-4,6-7,10,12H,5,8-9,11,17H2,1H3. The quantitative estimate of drug-likeness (QED) is 0.721. The molecule has 2 N–H and O–H groups in total. The number of ether oxygens (including phenoxy) is 1. The number of carbonyl (C=O) groups excluding carboxylic acids is 1. The van der Waals surface area contributed by atoms with Crippen molar-refractivity contribution in [1.82, 2.24) is 4.31 Å². The molecule has 0 aliphatic carbocycles. The molecule has 1 aromatic heterocycles. The van der Waals surface area contributed by atoms with E-state index < -0.39 is 16.0 Å². The maximum atomic E-state index is 12.9. The van der Waals surface area contributed by atoms with Gasteiger partial charge >= 0.3 is 5.97 Å². The molecule has 0 saturated carbocycles. The van der Waals surface area contributed by atoms with Gasteiger partial charge in [-0.05, 0) is 24.6 Å². The molecule has 8 heteroatoms. The summed E-state index contributed by atoms with van der Waals surface area (Å²) in [6, 6.07) is 10.7.